The van der Waals surface area contributed by atoms with Gasteiger partial charge in [-0.05, 0) is 51.3 Å². The molecule has 1 aromatic carbocycles. The first kappa shape index (κ1) is 20.9. The lowest BCUT2D eigenvalue weighted by Gasteiger charge is -2.31. The Labute approximate surface area is 180 Å². The summed E-state index contributed by atoms with van der Waals surface area (Å²) in [6.45, 7) is 6.55. The van der Waals surface area contributed by atoms with Gasteiger partial charge in [0.25, 0.3) is 0 Å². The van der Waals surface area contributed by atoms with Crippen LogP contribution in [0.4, 0.5) is 10.6 Å². The number of hydrogen-bond acceptors (Lipinski definition) is 8. The number of nitrogens with two attached hydrogens (primary N) is 1. The van der Waals surface area contributed by atoms with Gasteiger partial charge in [-0.1, -0.05) is 12.1 Å². The van der Waals surface area contributed by atoms with Gasteiger partial charge in [0.05, 0.1) is 5.39 Å². The second-order valence-electron chi connectivity index (χ2n) is 8.67. The molecule has 0 aliphatic carbocycles. The van der Waals surface area contributed by atoms with E-state index in [-0.39, 0.29) is 11.8 Å². The summed E-state index contributed by atoms with van der Waals surface area (Å²) in [4.78, 5) is 25.9. The van der Waals surface area contributed by atoms with Crippen LogP contribution in [-0.2, 0) is 9.57 Å². The number of piperidine rings is 1. The quantitative estimate of drug-likeness (QED) is 0.607. The van der Waals surface area contributed by atoms with E-state index in [9.17, 15) is 9.90 Å². The Morgan fingerprint density at radius 3 is 2.65 bits per heavy atom. The van der Waals surface area contributed by atoms with E-state index in [0.29, 0.717) is 18.9 Å². The number of aromatic nitrogens is 3. The van der Waals surface area contributed by atoms with E-state index in [0.717, 1.165) is 35.0 Å². The molecule has 0 amide bonds. The maximum Gasteiger partial charge on any atom is 0.528 e. The summed E-state index contributed by atoms with van der Waals surface area (Å²) < 4.78 is 7.33. The Bertz CT molecular complexity index is 1100. The third-order valence-electron chi connectivity index (χ3n) is 5.21. The molecule has 0 spiro atoms. The van der Waals surface area contributed by atoms with Crippen LogP contribution < -0.4 is 5.73 Å². The van der Waals surface area contributed by atoms with Gasteiger partial charge in [0.2, 0.25) is 0 Å². The molecule has 9 heteroatoms. The van der Waals surface area contributed by atoms with Crippen molar-refractivity contribution >= 4 is 23.0 Å². The fourth-order valence-corrected chi connectivity index (χ4v) is 3.86. The summed E-state index contributed by atoms with van der Waals surface area (Å²) in [5.41, 5.74) is 8.06. The van der Waals surface area contributed by atoms with E-state index in [4.69, 9.17) is 15.3 Å². The molecule has 0 bridgehead atoms. The Hall–Kier alpha value is -3.33. The number of carbonyl (C=O) groups excluding carboxylic acids is 1. The van der Waals surface area contributed by atoms with Gasteiger partial charge in [-0.15, -0.1) is 5.06 Å². The largest absolute Gasteiger partial charge is 0.528 e. The number of fused-ring (bicyclic) bond motifs is 1. The van der Waals surface area contributed by atoms with Crippen molar-refractivity contribution in [2.45, 2.75) is 45.3 Å². The van der Waals surface area contributed by atoms with Gasteiger partial charge < -0.3 is 25.0 Å². The minimum absolute atomic E-state index is 0.154. The van der Waals surface area contributed by atoms with Gasteiger partial charge in [-0.25, -0.2) is 14.8 Å². The maximum absolute atomic E-state index is 11.9. The minimum atomic E-state index is -0.691. The molecule has 9 nitrogen and oxygen atoms in total. The first-order valence-corrected chi connectivity index (χ1v) is 10.3. The van der Waals surface area contributed by atoms with Crippen molar-refractivity contribution in [1.29, 1.82) is 0 Å². The zero-order valence-corrected chi connectivity index (χ0v) is 17.9. The van der Waals surface area contributed by atoms with Crippen molar-refractivity contribution in [3.05, 3.63) is 36.8 Å². The number of nitrogen functional groups attached to an aromatic ring is 1. The van der Waals surface area contributed by atoms with Gasteiger partial charge >= 0.3 is 6.16 Å². The predicted molar refractivity (Wildman–Crippen MR) is 116 cm³/mol. The molecule has 31 heavy (non-hydrogen) atoms. The lowest BCUT2D eigenvalue weighted by atomic mass is 10.1. The Morgan fingerprint density at radius 2 is 1.97 bits per heavy atom. The van der Waals surface area contributed by atoms with Crippen LogP contribution in [0.5, 0.6) is 5.75 Å². The minimum Gasteiger partial charge on any atom is -0.508 e. The van der Waals surface area contributed by atoms with Crippen LogP contribution in [0.2, 0.25) is 0 Å². The summed E-state index contributed by atoms with van der Waals surface area (Å²) in [6, 6.07) is 7.19. The molecule has 2 aromatic heterocycles. The van der Waals surface area contributed by atoms with E-state index in [1.165, 1.54) is 6.33 Å². The average Bonchev–Trinajstić information content (AvgIpc) is 3.08. The number of hydroxylamine groups is 2. The number of phenolic OH excluding ortho intramolecular Hbond substituents is 1. The predicted octanol–water partition coefficient (Wildman–Crippen LogP) is 3.89. The number of anilines is 1. The molecule has 3 N–H and O–H groups in total. The third kappa shape index (κ3) is 4.56. The standard InChI is InChI=1S/C22H27N5O4/c1-22(2,3)30-21(29)31-26-9-7-15(8-10-26)27-12-17(14-5-4-6-16(28)11-14)18-19(23)24-13-25-20(18)27/h4-6,11-13,15,28H,7-10H2,1-3H3,(H2,23,24,25). The Kier molecular flexibility index (Phi) is 5.45. The maximum atomic E-state index is 11.9. The Balaban J connectivity index is 1.56. The number of carbonyl (C=O) groups is 1. The molecule has 3 heterocycles. The number of ether oxygens (including phenoxy) is 1. The van der Waals surface area contributed by atoms with Crippen LogP contribution in [0.15, 0.2) is 36.8 Å². The lowest BCUT2D eigenvalue weighted by molar-refractivity contribution is -0.154. The molecule has 1 saturated heterocycles. The molecule has 0 unspecified atom stereocenters. The molecule has 0 radical (unpaired) electrons. The summed E-state index contributed by atoms with van der Waals surface area (Å²) in [6.07, 6.45) is 4.30. The molecule has 164 valence electrons. The second-order valence-corrected chi connectivity index (χ2v) is 8.67. The second kappa shape index (κ2) is 8.07. The van der Waals surface area contributed by atoms with Crippen molar-refractivity contribution in [1.82, 2.24) is 19.6 Å². The fraction of sp³-hybridized carbons (Fsp3) is 0.409. The van der Waals surface area contributed by atoms with Crippen LogP contribution >= 0.6 is 0 Å². The van der Waals surface area contributed by atoms with E-state index in [1.807, 2.05) is 12.3 Å². The van der Waals surface area contributed by atoms with Crippen molar-refractivity contribution in [2.75, 3.05) is 18.8 Å². The number of rotatable bonds is 3. The first-order valence-electron chi connectivity index (χ1n) is 10.3. The Morgan fingerprint density at radius 1 is 1.23 bits per heavy atom. The molecule has 0 saturated carbocycles. The highest BCUT2D eigenvalue weighted by Gasteiger charge is 2.28. The van der Waals surface area contributed by atoms with Gasteiger partial charge in [0.15, 0.2) is 0 Å². The first-order chi connectivity index (χ1) is 14.7. The number of benzene rings is 1. The smallest absolute Gasteiger partial charge is 0.508 e. The molecule has 1 aliphatic heterocycles. The zero-order chi connectivity index (χ0) is 22.2. The normalized spacial score (nSPS) is 15.8. The van der Waals surface area contributed by atoms with Crippen LogP contribution in [0.3, 0.4) is 0 Å². The molecule has 0 atom stereocenters. The number of phenols is 1. The van der Waals surface area contributed by atoms with Gasteiger partial charge in [0.1, 0.15) is 29.1 Å². The summed E-state index contributed by atoms with van der Waals surface area (Å²) in [5, 5.41) is 12.3. The SMILES string of the molecule is CC(C)(C)OC(=O)ON1CCC(n2cc(-c3cccc(O)c3)c3c(N)ncnc32)CC1. The summed E-state index contributed by atoms with van der Waals surface area (Å²) in [7, 11) is 0. The van der Waals surface area contributed by atoms with Crippen LogP contribution in [-0.4, -0.2) is 49.6 Å². The number of nitrogens with zero attached hydrogens (tertiary/aromatic N) is 4. The zero-order valence-electron chi connectivity index (χ0n) is 17.9. The van der Waals surface area contributed by atoms with Crippen LogP contribution in [0, 0.1) is 0 Å². The fourth-order valence-electron chi connectivity index (χ4n) is 3.86. The highest BCUT2D eigenvalue weighted by Crippen LogP contribution is 2.37. The van der Waals surface area contributed by atoms with E-state index < -0.39 is 11.8 Å². The van der Waals surface area contributed by atoms with Gasteiger partial charge in [-0.2, -0.15) is 0 Å². The summed E-state index contributed by atoms with van der Waals surface area (Å²) in [5.74, 6) is 0.578. The summed E-state index contributed by atoms with van der Waals surface area (Å²) >= 11 is 0. The van der Waals surface area contributed by atoms with Gasteiger partial charge in [-0.3, -0.25) is 0 Å². The van der Waals surface area contributed by atoms with Crippen molar-refractivity contribution in [2.24, 2.45) is 0 Å². The van der Waals surface area contributed by atoms with Crippen molar-refractivity contribution in [3.8, 4) is 16.9 Å². The van der Waals surface area contributed by atoms with Crippen molar-refractivity contribution in [3.63, 3.8) is 0 Å². The lowest BCUT2D eigenvalue weighted by Crippen LogP contribution is -2.38. The highest BCUT2D eigenvalue weighted by molar-refractivity contribution is 6.00. The van der Waals surface area contributed by atoms with Crippen LogP contribution in [0.1, 0.15) is 39.7 Å². The molecular weight excluding hydrogens is 398 g/mol. The molecule has 1 fully saturated rings. The number of hydrogen-bond donors (Lipinski definition) is 2. The monoisotopic (exact) mass is 425 g/mol. The van der Waals surface area contributed by atoms with E-state index in [2.05, 4.69) is 14.5 Å². The van der Waals surface area contributed by atoms with E-state index >= 15 is 0 Å². The highest BCUT2D eigenvalue weighted by atomic mass is 16.8. The molecule has 1 aliphatic rings. The van der Waals surface area contributed by atoms with Gasteiger partial charge in [0, 0.05) is 30.9 Å². The van der Waals surface area contributed by atoms with Crippen LogP contribution in [0.25, 0.3) is 22.2 Å². The molecule has 3 aromatic rings. The number of aromatic hydroxyl groups is 1. The van der Waals surface area contributed by atoms with E-state index in [1.54, 1.807) is 44.0 Å². The molecular formula is C22H27N5O4. The van der Waals surface area contributed by atoms with Crippen molar-refractivity contribution < 1.29 is 19.5 Å². The third-order valence-corrected chi connectivity index (χ3v) is 5.21. The topological polar surface area (TPSA) is 116 Å². The average molecular weight is 425 g/mol. The molecule has 4 rings (SSSR count).